The molecule has 2 aliphatic heterocycles. The molecule has 2 saturated heterocycles. The highest BCUT2D eigenvalue weighted by molar-refractivity contribution is 7.85. The Morgan fingerprint density at radius 3 is 2.30 bits per heavy atom. The fraction of sp³-hybridized carbons (Fsp3) is 0.455. The monoisotopic (exact) mass is 471 g/mol. The highest BCUT2D eigenvalue weighted by Crippen LogP contribution is 2.46. The average Bonchev–Trinajstić information content (AvgIpc) is 2.93. The summed E-state index contributed by atoms with van der Waals surface area (Å²) in [5.74, 6) is 0.703. The molecule has 0 aromatic heterocycles. The first kappa shape index (κ1) is 23.5. The number of fused-ring (bicyclic) bond motifs is 2. The van der Waals surface area contributed by atoms with E-state index in [1.807, 2.05) is 19.1 Å². The molecule has 8 heteroatoms. The predicted octanol–water partition coefficient (Wildman–Crippen LogP) is 4.79. The van der Waals surface area contributed by atoms with Gasteiger partial charge in [-0.3, -0.25) is 4.55 Å². The van der Waals surface area contributed by atoms with Gasteiger partial charge in [-0.25, -0.2) is 0 Å². The number of piperidine rings is 1. The van der Waals surface area contributed by atoms with Crippen molar-refractivity contribution in [3.63, 3.8) is 0 Å². The Morgan fingerprint density at radius 1 is 1.07 bits per heavy atom. The number of halogens is 2. The molecule has 30 heavy (non-hydrogen) atoms. The fourth-order valence-corrected chi connectivity index (χ4v) is 5.45. The molecule has 2 aliphatic rings. The van der Waals surface area contributed by atoms with Crippen LogP contribution in [0.2, 0.25) is 10.0 Å². The largest absolute Gasteiger partial charge is 0.396 e. The fourth-order valence-electron chi connectivity index (χ4n) is 4.66. The third-order valence-electron chi connectivity index (χ3n) is 6.33. The molecule has 2 aromatic rings. The molecule has 2 fully saturated rings. The van der Waals surface area contributed by atoms with Crippen molar-refractivity contribution in [3.8, 4) is 0 Å². The van der Waals surface area contributed by atoms with Crippen LogP contribution in [-0.2, 0) is 10.1 Å². The number of aryl methyl sites for hydroxylation is 1. The van der Waals surface area contributed by atoms with Gasteiger partial charge in [-0.05, 0) is 69.0 Å². The van der Waals surface area contributed by atoms with Gasteiger partial charge in [0.1, 0.15) is 0 Å². The van der Waals surface area contributed by atoms with Crippen LogP contribution in [0.25, 0.3) is 0 Å². The zero-order valence-corrected chi connectivity index (χ0v) is 19.3. The molecule has 4 rings (SSSR count). The zero-order valence-electron chi connectivity index (χ0n) is 17.0. The van der Waals surface area contributed by atoms with Crippen LogP contribution in [0.1, 0.15) is 36.3 Å². The molecule has 2 N–H and O–H groups in total. The minimum atomic E-state index is -4.02. The van der Waals surface area contributed by atoms with Gasteiger partial charge >= 0.3 is 0 Å². The molecule has 0 aliphatic carbocycles. The predicted molar refractivity (Wildman–Crippen MR) is 120 cm³/mol. The summed E-state index contributed by atoms with van der Waals surface area (Å²) in [6.45, 7) is 2.08. The molecule has 2 bridgehead atoms. The van der Waals surface area contributed by atoms with Gasteiger partial charge in [0.2, 0.25) is 0 Å². The van der Waals surface area contributed by atoms with Crippen LogP contribution in [0, 0.1) is 12.8 Å². The number of rotatable bonds is 3. The van der Waals surface area contributed by atoms with Crippen molar-refractivity contribution >= 4 is 33.3 Å². The Bertz CT molecular complexity index is 981. The van der Waals surface area contributed by atoms with Crippen LogP contribution in [0.15, 0.2) is 47.4 Å². The first-order chi connectivity index (χ1) is 14.1. The molecule has 2 heterocycles. The van der Waals surface area contributed by atoms with Crippen molar-refractivity contribution in [2.24, 2.45) is 5.92 Å². The minimum Gasteiger partial charge on any atom is -0.396 e. The van der Waals surface area contributed by atoms with Gasteiger partial charge in [-0.15, -0.1) is 0 Å². The zero-order chi connectivity index (χ0) is 22.1. The molecule has 2 aromatic carbocycles. The first-order valence-electron chi connectivity index (χ1n) is 9.93. The lowest BCUT2D eigenvalue weighted by Gasteiger charge is -2.42. The summed E-state index contributed by atoms with van der Waals surface area (Å²) < 4.78 is 29.6. The van der Waals surface area contributed by atoms with Gasteiger partial charge in [0, 0.05) is 24.6 Å². The summed E-state index contributed by atoms with van der Waals surface area (Å²) in [7, 11) is -1.83. The Balaban J connectivity index is 0.000000199. The van der Waals surface area contributed by atoms with Crippen molar-refractivity contribution in [2.75, 3.05) is 13.7 Å². The van der Waals surface area contributed by atoms with E-state index in [2.05, 4.69) is 18.0 Å². The van der Waals surface area contributed by atoms with Crippen LogP contribution in [0.3, 0.4) is 0 Å². The highest BCUT2D eigenvalue weighted by atomic mass is 35.5. The number of aliphatic hydroxyl groups is 1. The Morgan fingerprint density at radius 2 is 1.73 bits per heavy atom. The lowest BCUT2D eigenvalue weighted by atomic mass is 9.76. The molecular weight excluding hydrogens is 445 g/mol. The number of benzene rings is 2. The van der Waals surface area contributed by atoms with Gasteiger partial charge < -0.3 is 10.0 Å². The summed E-state index contributed by atoms with van der Waals surface area (Å²) in [6.07, 6.45) is 3.55. The topological polar surface area (TPSA) is 77.8 Å². The molecule has 0 unspecified atom stereocenters. The third-order valence-corrected chi connectivity index (χ3v) is 7.94. The maximum absolute atomic E-state index is 10.5. The molecule has 0 spiro atoms. The Hall–Kier alpha value is -1.15. The number of aliphatic hydroxyl groups excluding tert-OH is 1. The molecule has 0 amide bonds. The van der Waals surface area contributed by atoms with Gasteiger partial charge in [0.25, 0.3) is 10.1 Å². The lowest BCUT2D eigenvalue weighted by Crippen LogP contribution is -2.47. The van der Waals surface area contributed by atoms with Crippen molar-refractivity contribution in [1.82, 2.24) is 4.90 Å². The molecule has 164 valence electrons. The quantitative estimate of drug-likeness (QED) is 0.628. The summed E-state index contributed by atoms with van der Waals surface area (Å²) in [5.41, 5.74) is 2.18. The summed E-state index contributed by atoms with van der Waals surface area (Å²) in [5, 5.41) is 11.0. The van der Waals surface area contributed by atoms with Crippen LogP contribution < -0.4 is 0 Å². The summed E-state index contributed by atoms with van der Waals surface area (Å²) in [4.78, 5) is 2.39. The van der Waals surface area contributed by atoms with Gasteiger partial charge in [-0.1, -0.05) is 47.0 Å². The second-order valence-corrected chi connectivity index (χ2v) is 10.4. The van der Waals surface area contributed by atoms with E-state index >= 15 is 0 Å². The number of hydrogen-bond donors (Lipinski definition) is 2. The van der Waals surface area contributed by atoms with Crippen molar-refractivity contribution < 1.29 is 18.1 Å². The van der Waals surface area contributed by atoms with Crippen molar-refractivity contribution in [3.05, 3.63) is 63.6 Å². The van der Waals surface area contributed by atoms with E-state index in [-0.39, 0.29) is 11.5 Å². The van der Waals surface area contributed by atoms with E-state index in [9.17, 15) is 13.5 Å². The minimum absolute atomic E-state index is 0.0666. The van der Waals surface area contributed by atoms with E-state index < -0.39 is 10.1 Å². The molecule has 4 atom stereocenters. The second-order valence-electron chi connectivity index (χ2n) is 8.11. The maximum Gasteiger partial charge on any atom is 0.294 e. The van der Waals surface area contributed by atoms with Crippen molar-refractivity contribution in [1.29, 1.82) is 0 Å². The third kappa shape index (κ3) is 5.18. The number of hydrogen-bond acceptors (Lipinski definition) is 4. The van der Waals surface area contributed by atoms with Crippen molar-refractivity contribution in [2.45, 2.75) is 49.1 Å². The van der Waals surface area contributed by atoms with E-state index in [1.165, 1.54) is 30.5 Å². The SMILES string of the molecule is CN1[C@H]2CC[C@@H]1[C@H](CO)[C@@H](c1ccc(Cl)c(Cl)c1)C2.Cc1ccc(S(=O)(=O)O)cc1. The smallest absolute Gasteiger partial charge is 0.294 e. The van der Waals surface area contributed by atoms with Crippen LogP contribution in [0.5, 0.6) is 0 Å². The lowest BCUT2D eigenvalue weighted by molar-refractivity contribution is 0.0592. The molecule has 0 radical (unpaired) electrons. The first-order valence-corrected chi connectivity index (χ1v) is 12.1. The van der Waals surface area contributed by atoms with E-state index in [0.717, 1.165) is 12.0 Å². The van der Waals surface area contributed by atoms with E-state index in [4.69, 9.17) is 27.8 Å². The van der Waals surface area contributed by atoms with Crippen LogP contribution >= 0.6 is 23.2 Å². The Labute approximate surface area is 188 Å². The maximum atomic E-state index is 10.5. The second kappa shape index (κ2) is 9.55. The normalized spacial score (nSPS) is 26.2. The highest BCUT2D eigenvalue weighted by Gasteiger charge is 2.45. The van der Waals surface area contributed by atoms with Gasteiger partial charge in [-0.2, -0.15) is 8.42 Å². The standard InChI is InChI=1S/C15H19Cl2NO.C7H8O3S/c1-18-10-3-5-15(18)12(8-19)11(7-10)9-2-4-13(16)14(17)6-9;1-6-2-4-7(5-3-6)11(8,9)10/h2,4,6,10-12,15,19H,3,5,7-8H2,1H3;2-5H,1H3,(H,8,9,10)/t10-,11+,12+,15+;/m0./s1. The molecule has 5 nitrogen and oxygen atoms in total. The van der Waals surface area contributed by atoms with Crippen LogP contribution in [0.4, 0.5) is 0 Å². The van der Waals surface area contributed by atoms with Crippen LogP contribution in [-0.4, -0.2) is 48.7 Å². The summed E-state index contributed by atoms with van der Waals surface area (Å²) >= 11 is 12.1. The Kier molecular flexibility index (Phi) is 7.49. The number of nitrogens with zero attached hydrogens (tertiary/aromatic N) is 1. The van der Waals surface area contributed by atoms with E-state index in [1.54, 1.807) is 12.1 Å². The van der Waals surface area contributed by atoms with Gasteiger partial charge in [0.15, 0.2) is 0 Å². The van der Waals surface area contributed by atoms with E-state index in [0.29, 0.717) is 34.0 Å². The molecule has 0 saturated carbocycles. The van der Waals surface area contributed by atoms with Gasteiger partial charge in [0.05, 0.1) is 14.9 Å². The molecular formula is C22H27Cl2NO4S. The average molecular weight is 472 g/mol. The summed E-state index contributed by atoms with van der Waals surface area (Å²) in [6, 6.07) is 13.0.